The predicted octanol–water partition coefficient (Wildman–Crippen LogP) is 1.37. The van der Waals surface area contributed by atoms with Crippen molar-refractivity contribution in [2.75, 3.05) is 13.7 Å². The average molecular weight is 747 g/mol. The number of carboxylic acid groups (broad SMARTS) is 1. The minimum absolute atomic E-state index is 0. The van der Waals surface area contributed by atoms with E-state index in [0.29, 0.717) is 6.42 Å². The first-order valence-corrected chi connectivity index (χ1v) is 20.0. The van der Waals surface area contributed by atoms with Crippen LogP contribution in [0.1, 0.15) is 120 Å². The van der Waals surface area contributed by atoms with E-state index in [9.17, 15) is 20.1 Å². The van der Waals surface area contributed by atoms with Crippen LogP contribution in [0.5, 0.6) is 0 Å². The van der Waals surface area contributed by atoms with E-state index in [1.165, 1.54) is 0 Å². The van der Waals surface area contributed by atoms with Crippen LogP contribution in [0.2, 0.25) is 0 Å². The smallest absolute Gasteiger partial charge is 0.550 e. The number of aliphatic hydroxyl groups excluding tert-OH is 1. The third kappa shape index (κ3) is 7.85. The van der Waals surface area contributed by atoms with Crippen LogP contribution in [0.15, 0.2) is 0 Å². The maximum atomic E-state index is 11.7. The molecule has 0 aromatic heterocycles. The van der Waals surface area contributed by atoms with Gasteiger partial charge in [0, 0.05) is 49.6 Å². The summed E-state index contributed by atoms with van der Waals surface area (Å²) < 4.78 is 46.9. The van der Waals surface area contributed by atoms with Crippen LogP contribution in [-0.2, 0) is 38.0 Å². The number of hydrogen-bond donors (Lipinski definition) is 2. The van der Waals surface area contributed by atoms with Crippen LogP contribution < -0.4 is 34.7 Å². The second-order valence-electron chi connectivity index (χ2n) is 18.4. The molecule has 294 valence electrons. The van der Waals surface area contributed by atoms with Crippen molar-refractivity contribution in [3.63, 3.8) is 0 Å². The van der Waals surface area contributed by atoms with E-state index >= 15 is 0 Å². The number of aliphatic carboxylic acids is 1. The molecule has 0 saturated carbocycles. The zero-order valence-electron chi connectivity index (χ0n) is 33.8. The van der Waals surface area contributed by atoms with E-state index in [1.54, 1.807) is 14.0 Å². The average Bonchev–Trinajstić information content (AvgIpc) is 3.75. The molecular formula is C40H67NaO11. The Morgan fingerprint density at radius 1 is 0.885 bits per heavy atom. The Bertz CT molecular complexity index is 1240. The Labute approximate surface area is 334 Å². The number of carbonyl (C=O) groups is 1. The Balaban J connectivity index is 0.00000523. The zero-order chi connectivity index (χ0) is 37.3. The first-order chi connectivity index (χ1) is 23.9. The molecule has 6 fully saturated rings. The van der Waals surface area contributed by atoms with Gasteiger partial charge in [-0.3, -0.25) is 0 Å². The van der Waals surface area contributed by atoms with E-state index in [2.05, 4.69) is 48.5 Å². The molecule has 15 unspecified atom stereocenters. The second kappa shape index (κ2) is 16.2. The van der Waals surface area contributed by atoms with Gasteiger partial charge in [-0.25, -0.2) is 0 Å². The van der Waals surface area contributed by atoms with Crippen LogP contribution in [0.25, 0.3) is 0 Å². The first-order valence-electron chi connectivity index (χ1n) is 20.0. The monoisotopic (exact) mass is 746 g/mol. The van der Waals surface area contributed by atoms with Crippen LogP contribution in [0.4, 0.5) is 0 Å². The second-order valence-corrected chi connectivity index (χ2v) is 18.4. The summed E-state index contributed by atoms with van der Waals surface area (Å²) in [5.41, 5.74) is -1.11. The molecule has 6 aliphatic heterocycles. The Morgan fingerprint density at radius 3 is 2.25 bits per heavy atom. The predicted molar refractivity (Wildman–Crippen MR) is 186 cm³/mol. The quantitative estimate of drug-likeness (QED) is 0.331. The van der Waals surface area contributed by atoms with Gasteiger partial charge in [-0.2, -0.15) is 0 Å². The van der Waals surface area contributed by atoms with Crippen molar-refractivity contribution in [3.05, 3.63) is 0 Å². The van der Waals surface area contributed by atoms with Gasteiger partial charge in [0.15, 0.2) is 11.6 Å². The van der Waals surface area contributed by atoms with Gasteiger partial charge in [0.05, 0.1) is 66.6 Å². The summed E-state index contributed by atoms with van der Waals surface area (Å²) in [5, 5.41) is 32.7. The Kier molecular flexibility index (Phi) is 13.4. The fraction of sp³-hybridized carbons (Fsp3) is 0.975. The van der Waals surface area contributed by atoms with Crippen molar-refractivity contribution in [3.8, 4) is 0 Å². The SMILES string of the molecule is COC1CC(CC2CCC(C)C(C(C)C(=O)[O-])O2)O[C@]2(O[C@](C)(C3CC[C@@](C)(C4OC(C5O[C@@](O)(CO)C(C)CC5C)CC4C)O3)CC2C)C1C.[Na+]. The van der Waals surface area contributed by atoms with Crippen molar-refractivity contribution in [2.24, 2.45) is 41.4 Å². The molecule has 19 atom stereocenters. The number of aliphatic hydroxyl groups is 2. The molecule has 52 heavy (non-hydrogen) atoms. The van der Waals surface area contributed by atoms with Gasteiger partial charge in [0.1, 0.15) is 0 Å². The molecule has 0 aromatic rings. The summed E-state index contributed by atoms with van der Waals surface area (Å²) in [5.74, 6) is -3.70. The van der Waals surface area contributed by atoms with Gasteiger partial charge in [-0.1, -0.05) is 48.5 Å². The van der Waals surface area contributed by atoms with Gasteiger partial charge in [0.25, 0.3) is 0 Å². The van der Waals surface area contributed by atoms with Gasteiger partial charge in [-0.05, 0) is 76.5 Å². The number of ether oxygens (including phenoxy) is 7. The van der Waals surface area contributed by atoms with E-state index < -0.39 is 41.3 Å². The van der Waals surface area contributed by atoms with Crippen molar-refractivity contribution < 1.29 is 82.8 Å². The molecule has 6 aliphatic rings. The Hall–Kier alpha value is 0.110. The van der Waals surface area contributed by atoms with Gasteiger partial charge < -0.3 is 53.3 Å². The summed E-state index contributed by atoms with van der Waals surface area (Å²) in [4.78, 5) is 11.7. The fourth-order valence-corrected chi connectivity index (χ4v) is 11.3. The Morgan fingerprint density at radius 2 is 1.60 bits per heavy atom. The third-order valence-corrected chi connectivity index (χ3v) is 14.4. The molecular weight excluding hydrogens is 679 g/mol. The van der Waals surface area contributed by atoms with Crippen LogP contribution >= 0.6 is 0 Å². The van der Waals surface area contributed by atoms with E-state index in [4.69, 9.17) is 33.2 Å². The van der Waals surface area contributed by atoms with Gasteiger partial charge in [0.2, 0.25) is 0 Å². The van der Waals surface area contributed by atoms with Crippen LogP contribution in [0.3, 0.4) is 0 Å². The topological polar surface area (TPSA) is 145 Å². The maximum Gasteiger partial charge on any atom is 1.00 e. The molecule has 0 aliphatic carbocycles. The molecule has 0 aromatic carbocycles. The number of methoxy groups -OCH3 is 1. The van der Waals surface area contributed by atoms with Crippen LogP contribution in [-0.4, -0.2) is 102 Å². The van der Waals surface area contributed by atoms with Crippen molar-refractivity contribution in [1.29, 1.82) is 0 Å². The molecule has 6 heterocycles. The standard InChI is InChI=1S/C40H68O11.Na/c1-21-11-12-28(46-33(21)26(6)36(42)43)17-29-18-30(45-10)27(7)40(48-29)25(5)19-38(9,51-40)32-13-14-37(8,49-32)35-23(3)16-31(47-35)34-22(2)15-24(4)39(44,20-41)50-34;/h21-35,41,44H,11-20H2,1-10H3,(H,42,43);/q;+1/p-1/t21?,22?,23?,24?,25?,26?,27?,28?,29?,30?,31?,32?,33?,34?,35?,37-,38-,39-,40+;/m0./s1. The van der Waals surface area contributed by atoms with E-state index in [0.717, 1.165) is 51.4 Å². The molecule has 6 rings (SSSR count). The minimum Gasteiger partial charge on any atom is -0.550 e. The third-order valence-electron chi connectivity index (χ3n) is 14.4. The molecule has 0 amide bonds. The number of carbonyl (C=O) groups excluding carboxylic acids is 1. The molecule has 1 spiro atoms. The first kappa shape index (κ1) is 43.2. The molecule has 2 N–H and O–H groups in total. The maximum absolute atomic E-state index is 11.7. The minimum atomic E-state index is -1.55. The molecule has 0 radical (unpaired) electrons. The largest absolute Gasteiger partial charge is 1.00 e. The van der Waals surface area contributed by atoms with Crippen molar-refractivity contribution >= 4 is 5.97 Å². The van der Waals surface area contributed by atoms with E-state index in [-0.39, 0.29) is 114 Å². The van der Waals surface area contributed by atoms with Gasteiger partial charge in [-0.15, -0.1) is 0 Å². The fourth-order valence-electron chi connectivity index (χ4n) is 11.3. The molecule has 0 bridgehead atoms. The number of carboxylic acids is 1. The van der Waals surface area contributed by atoms with Crippen molar-refractivity contribution in [2.45, 2.75) is 192 Å². The van der Waals surface area contributed by atoms with Crippen molar-refractivity contribution in [1.82, 2.24) is 0 Å². The summed E-state index contributed by atoms with van der Waals surface area (Å²) in [6, 6.07) is 0. The summed E-state index contributed by atoms with van der Waals surface area (Å²) >= 11 is 0. The number of rotatable bonds is 9. The summed E-state index contributed by atoms with van der Waals surface area (Å²) in [6.45, 7) is 18.3. The zero-order valence-corrected chi connectivity index (χ0v) is 35.8. The van der Waals surface area contributed by atoms with E-state index in [1.807, 2.05) is 6.92 Å². The van der Waals surface area contributed by atoms with Gasteiger partial charge >= 0.3 is 29.6 Å². The summed E-state index contributed by atoms with van der Waals surface area (Å²) in [6.07, 6.45) is 5.62. The van der Waals surface area contributed by atoms with Crippen LogP contribution in [0, 0.1) is 41.4 Å². The molecule has 6 saturated heterocycles. The molecule has 11 nitrogen and oxygen atoms in total. The number of hydrogen-bond acceptors (Lipinski definition) is 11. The summed E-state index contributed by atoms with van der Waals surface area (Å²) in [7, 11) is 1.76. The molecule has 12 heteroatoms. The normalized spacial score (nSPS) is 53.2.